The largest absolute Gasteiger partial charge is 0.388 e. The molecule has 0 saturated carbocycles. The Balaban J connectivity index is 1.58. The van der Waals surface area contributed by atoms with Gasteiger partial charge < -0.3 is 10.0 Å². The molecule has 1 N–H and O–H groups in total. The summed E-state index contributed by atoms with van der Waals surface area (Å²) in [7, 11) is 0. The summed E-state index contributed by atoms with van der Waals surface area (Å²) in [5.41, 5.74) is 5.63. The molecule has 4 heteroatoms. The Morgan fingerprint density at radius 3 is 2.37 bits per heavy atom. The van der Waals surface area contributed by atoms with Crippen LogP contribution in [0.15, 0.2) is 72.8 Å². The van der Waals surface area contributed by atoms with Crippen molar-refractivity contribution in [1.82, 2.24) is 0 Å². The molecule has 0 aromatic heterocycles. The van der Waals surface area contributed by atoms with Crippen molar-refractivity contribution >= 4 is 17.4 Å². The number of ketones is 1. The maximum Gasteiger partial charge on any atom is 0.231 e. The van der Waals surface area contributed by atoms with Crippen LogP contribution in [0.2, 0.25) is 0 Å². The van der Waals surface area contributed by atoms with Crippen molar-refractivity contribution in [1.29, 1.82) is 0 Å². The van der Waals surface area contributed by atoms with Crippen LogP contribution in [0.3, 0.4) is 0 Å². The Morgan fingerprint density at radius 1 is 0.926 bits per heavy atom. The highest BCUT2D eigenvalue weighted by molar-refractivity contribution is 6.02. The first-order valence-electron chi connectivity index (χ1n) is 8.87. The van der Waals surface area contributed by atoms with Gasteiger partial charge in [-0.1, -0.05) is 60.7 Å². The SMILES string of the molecule is O=C(CO)c1ccc(CN2C(=O)Cc3cc(-c4ccccc4)ccc32)cc1. The summed E-state index contributed by atoms with van der Waals surface area (Å²) in [6.45, 7) is -0.0365. The molecule has 3 aromatic carbocycles. The number of hydrogen-bond donors (Lipinski definition) is 1. The van der Waals surface area contributed by atoms with Gasteiger partial charge in [0.1, 0.15) is 6.61 Å². The van der Waals surface area contributed by atoms with Crippen molar-refractivity contribution in [2.45, 2.75) is 13.0 Å². The zero-order valence-corrected chi connectivity index (χ0v) is 14.8. The summed E-state index contributed by atoms with van der Waals surface area (Å²) >= 11 is 0. The molecule has 1 aliphatic heterocycles. The molecule has 0 aliphatic carbocycles. The van der Waals surface area contributed by atoms with Gasteiger partial charge in [0.15, 0.2) is 5.78 Å². The van der Waals surface area contributed by atoms with Gasteiger partial charge in [-0.25, -0.2) is 0 Å². The van der Waals surface area contributed by atoms with Crippen LogP contribution in [-0.4, -0.2) is 23.4 Å². The third kappa shape index (κ3) is 3.39. The number of amides is 1. The normalized spacial score (nSPS) is 12.9. The van der Waals surface area contributed by atoms with Crippen LogP contribution in [0, 0.1) is 0 Å². The number of fused-ring (bicyclic) bond motifs is 1. The maximum absolute atomic E-state index is 12.5. The van der Waals surface area contributed by atoms with Crippen molar-refractivity contribution in [3.05, 3.63) is 89.5 Å². The van der Waals surface area contributed by atoms with Crippen LogP contribution in [0.25, 0.3) is 11.1 Å². The molecule has 0 radical (unpaired) electrons. The number of carbonyl (C=O) groups is 2. The Kier molecular flexibility index (Phi) is 4.57. The van der Waals surface area contributed by atoms with E-state index < -0.39 is 6.61 Å². The zero-order chi connectivity index (χ0) is 18.8. The first-order valence-corrected chi connectivity index (χ1v) is 8.87. The molecule has 0 fully saturated rings. The standard InChI is InChI=1S/C23H19NO3/c25-15-22(26)18-8-6-16(7-9-18)14-24-21-11-10-19(12-20(21)13-23(24)27)17-4-2-1-3-5-17/h1-12,25H,13-15H2. The number of rotatable bonds is 5. The Bertz CT molecular complexity index is 994. The average Bonchev–Trinajstić information content (AvgIpc) is 3.03. The molecule has 1 amide bonds. The number of aliphatic hydroxyl groups excluding tert-OH is 1. The molecule has 0 bridgehead atoms. The zero-order valence-electron chi connectivity index (χ0n) is 14.8. The molecule has 27 heavy (non-hydrogen) atoms. The number of benzene rings is 3. The number of nitrogens with zero attached hydrogens (tertiary/aromatic N) is 1. The van der Waals surface area contributed by atoms with Crippen molar-refractivity contribution in [2.75, 3.05) is 11.5 Å². The minimum Gasteiger partial charge on any atom is -0.388 e. The molecule has 0 saturated heterocycles. The van der Waals surface area contributed by atoms with E-state index in [4.69, 9.17) is 5.11 Å². The van der Waals surface area contributed by atoms with Gasteiger partial charge in [0.25, 0.3) is 0 Å². The summed E-state index contributed by atoms with van der Waals surface area (Å²) in [6, 6.07) is 23.3. The van der Waals surface area contributed by atoms with Crippen molar-refractivity contribution in [3.63, 3.8) is 0 Å². The molecular formula is C23H19NO3. The number of Topliss-reactive ketones (excluding diaryl/α,β-unsaturated/α-hetero) is 1. The summed E-state index contributed by atoms with van der Waals surface area (Å²) < 4.78 is 0. The van der Waals surface area contributed by atoms with E-state index in [0.29, 0.717) is 18.5 Å². The van der Waals surface area contributed by atoms with E-state index in [1.165, 1.54) is 0 Å². The molecule has 1 aliphatic rings. The van der Waals surface area contributed by atoms with E-state index in [1.54, 1.807) is 17.0 Å². The minimum atomic E-state index is -0.499. The molecule has 4 rings (SSSR count). The number of aliphatic hydroxyl groups is 1. The number of hydrogen-bond acceptors (Lipinski definition) is 3. The smallest absolute Gasteiger partial charge is 0.231 e. The van der Waals surface area contributed by atoms with Gasteiger partial charge in [-0.15, -0.1) is 0 Å². The molecule has 134 valence electrons. The topological polar surface area (TPSA) is 57.6 Å². The Morgan fingerprint density at radius 2 is 1.67 bits per heavy atom. The third-order valence-electron chi connectivity index (χ3n) is 4.88. The second-order valence-electron chi connectivity index (χ2n) is 6.64. The van der Waals surface area contributed by atoms with Gasteiger partial charge in [-0.3, -0.25) is 9.59 Å². The van der Waals surface area contributed by atoms with E-state index in [9.17, 15) is 9.59 Å². The maximum atomic E-state index is 12.5. The lowest BCUT2D eigenvalue weighted by Crippen LogP contribution is -2.26. The van der Waals surface area contributed by atoms with Crippen LogP contribution in [0.1, 0.15) is 21.5 Å². The Labute approximate surface area is 157 Å². The fourth-order valence-corrected chi connectivity index (χ4v) is 3.44. The molecule has 1 heterocycles. The second-order valence-corrected chi connectivity index (χ2v) is 6.64. The summed E-state index contributed by atoms with van der Waals surface area (Å²) in [4.78, 5) is 25.8. The first-order chi connectivity index (χ1) is 13.2. The van der Waals surface area contributed by atoms with E-state index in [1.807, 2.05) is 42.5 Å². The van der Waals surface area contributed by atoms with Gasteiger partial charge in [0.2, 0.25) is 5.91 Å². The second kappa shape index (κ2) is 7.17. The monoisotopic (exact) mass is 357 g/mol. The Hall–Kier alpha value is -3.24. The van der Waals surface area contributed by atoms with Crippen molar-refractivity contribution in [3.8, 4) is 11.1 Å². The molecule has 0 unspecified atom stereocenters. The van der Waals surface area contributed by atoms with Gasteiger partial charge >= 0.3 is 0 Å². The third-order valence-corrected chi connectivity index (χ3v) is 4.88. The lowest BCUT2D eigenvalue weighted by molar-refractivity contribution is -0.117. The van der Waals surface area contributed by atoms with E-state index in [2.05, 4.69) is 18.2 Å². The lowest BCUT2D eigenvalue weighted by Gasteiger charge is -2.18. The highest BCUT2D eigenvalue weighted by atomic mass is 16.3. The fourth-order valence-electron chi connectivity index (χ4n) is 3.44. The lowest BCUT2D eigenvalue weighted by atomic mass is 10.0. The van der Waals surface area contributed by atoms with Gasteiger partial charge in [-0.05, 0) is 34.4 Å². The van der Waals surface area contributed by atoms with Crippen LogP contribution in [0.5, 0.6) is 0 Å². The van der Waals surface area contributed by atoms with E-state index >= 15 is 0 Å². The van der Waals surface area contributed by atoms with E-state index in [-0.39, 0.29) is 11.7 Å². The molecule has 4 nitrogen and oxygen atoms in total. The first kappa shape index (κ1) is 17.2. The fraction of sp³-hybridized carbons (Fsp3) is 0.130. The quantitative estimate of drug-likeness (QED) is 0.710. The summed E-state index contributed by atoms with van der Waals surface area (Å²) in [5.74, 6) is -0.233. The predicted octanol–water partition coefficient (Wildman–Crippen LogP) is 3.62. The van der Waals surface area contributed by atoms with Gasteiger partial charge in [0.05, 0.1) is 13.0 Å². The molecular weight excluding hydrogens is 338 g/mol. The number of carbonyl (C=O) groups excluding carboxylic acids is 2. The average molecular weight is 357 g/mol. The highest BCUT2D eigenvalue weighted by Crippen LogP contribution is 2.34. The van der Waals surface area contributed by atoms with Crippen LogP contribution < -0.4 is 4.90 Å². The van der Waals surface area contributed by atoms with E-state index in [0.717, 1.165) is 27.9 Å². The molecule has 0 spiro atoms. The highest BCUT2D eigenvalue weighted by Gasteiger charge is 2.27. The van der Waals surface area contributed by atoms with Crippen molar-refractivity contribution < 1.29 is 14.7 Å². The van der Waals surface area contributed by atoms with Crippen LogP contribution >= 0.6 is 0 Å². The minimum absolute atomic E-state index is 0.0747. The molecule has 0 atom stereocenters. The molecule has 3 aromatic rings. The van der Waals surface area contributed by atoms with Crippen LogP contribution in [-0.2, 0) is 17.8 Å². The number of anilines is 1. The van der Waals surface area contributed by atoms with Crippen molar-refractivity contribution in [2.24, 2.45) is 0 Å². The summed E-state index contributed by atoms with van der Waals surface area (Å²) in [6.07, 6.45) is 0.400. The van der Waals surface area contributed by atoms with Crippen LogP contribution in [0.4, 0.5) is 5.69 Å². The predicted molar refractivity (Wildman–Crippen MR) is 105 cm³/mol. The summed E-state index contributed by atoms with van der Waals surface area (Å²) in [5, 5.41) is 8.93. The van der Waals surface area contributed by atoms with Gasteiger partial charge in [0, 0.05) is 11.3 Å². The van der Waals surface area contributed by atoms with Gasteiger partial charge in [-0.2, -0.15) is 0 Å².